The first-order chi connectivity index (χ1) is 14.9. The highest BCUT2D eigenvalue weighted by Crippen LogP contribution is 2.22. The Kier molecular flexibility index (Phi) is 7.63. The SMILES string of the molecule is CCCCOc1cccc(C(=O)N=c2sc3cc(C)c(C)cc3n2CC(=O)OCC)c1. The van der Waals surface area contributed by atoms with Crippen molar-refractivity contribution in [2.75, 3.05) is 13.2 Å². The second-order valence-corrected chi connectivity index (χ2v) is 8.34. The van der Waals surface area contributed by atoms with E-state index in [1.54, 1.807) is 29.7 Å². The number of rotatable bonds is 8. The quantitative estimate of drug-likeness (QED) is 0.373. The molecule has 0 N–H and O–H groups in total. The third kappa shape index (κ3) is 5.61. The standard InChI is InChI=1S/C24H28N2O4S/c1-5-7-11-30-19-10-8-9-18(14-19)23(28)25-24-26(15-22(27)29-6-2)20-12-16(3)17(4)13-21(20)31-24/h8-10,12-14H,5-7,11,15H2,1-4H3. The van der Waals surface area contributed by atoms with Crippen LogP contribution in [0.5, 0.6) is 5.75 Å². The summed E-state index contributed by atoms with van der Waals surface area (Å²) in [4.78, 5) is 30.0. The minimum Gasteiger partial charge on any atom is -0.494 e. The molecule has 0 spiro atoms. The van der Waals surface area contributed by atoms with Crippen molar-refractivity contribution in [3.05, 3.63) is 57.9 Å². The Hall–Kier alpha value is -2.93. The number of aromatic nitrogens is 1. The van der Waals surface area contributed by atoms with E-state index in [0.717, 1.165) is 34.2 Å². The molecule has 0 saturated heterocycles. The van der Waals surface area contributed by atoms with E-state index in [0.29, 0.717) is 29.3 Å². The topological polar surface area (TPSA) is 69.9 Å². The van der Waals surface area contributed by atoms with Gasteiger partial charge in [0.15, 0.2) is 4.80 Å². The lowest BCUT2D eigenvalue weighted by atomic mass is 10.1. The summed E-state index contributed by atoms with van der Waals surface area (Å²) in [5, 5.41) is 0. The molecular weight excluding hydrogens is 412 g/mol. The largest absolute Gasteiger partial charge is 0.494 e. The predicted molar refractivity (Wildman–Crippen MR) is 123 cm³/mol. The fourth-order valence-electron chi connectivity index (χ4n) is 3.10. The van der Waals surface area contributed by atoms with Crippen molar-refractivity contribution in [1.29, 1.82) is 0 Å². The normalized spacial score (nSPS) is 11.7. The summed E-state index contributed by atoms with van der Waals surface area (Å²) in [6.45, 7) is 8.84. The van der Waals surface area contributed by atoms with E-state index in [4.69, 9.17) is 9.47 Å². The van der Waals surface area contributed by atoms with Gasteiger partial charge in [0, 0.05) is 5.56 Å². The van der Waals surface area contributed by atoms with Gasteiger partial charge in [0.2, 0.25) is 0 Å². The number of hydrogen-bond acceptors (Lipinski definition) is 5. The van der Waals surface area contributed by atoms with Crippen molar-refractivity contribution in [2.45, 2.75) is 47.1 Å². The van der Waals surface area contributed by atoms with Crippen LogP contribution in [0.25, 0.3) is 10.2 Å². The second kappa shape index (κ2) is 10.4. The molecule has 1 aromatic heterocycles. The van der Waals surface area contributed by atoms with E-state index in [1.807, 2.05) is 26.0 Å². The van der Waals surface area contributed by atoms with Gasteiger partial charge < -0.3 is 14.0 Å². The van der Waals surface area contributed by atoms with Crippen LogP contribution in [0.2, 0.25) is 0 Å². The number of benzene rings is 2. The van der Waals surface area contributed by atoms with Crippen molar-refractivity contribution < 1.29 is 19.1 Å². The molecule has 0 fully saturated rings. The van der Waals surface area contributed by atoms with Crippen LogP contribution in [0.3, 0.4) is 0 Å². The van der Waals surface area contributed by atoms with Crippen LogP contribution >= 0.6 is 11.3 Å². The Bertz CT molecular complexity index is 1160. The number of unbranched alkanes of at least 4 members (excludes halogenated alkanes) is 1. The third-order valence-electron chi connectivity index (χ3n) is 4.94. The summed E-state index contributed by atoms with van der Waals surface area (Å²) < 4.78 is 13.6. The summed E-state index contributed by atoms with van der Waals surface area (Å²) in [5.74, 6) is -0.0873. The van der Waals surface area contributed by atoms with E-state index in [9.17, 15) is 9.59 Å². The van der Waals surface area contributed by atoms with Gasteiger partial charge in [-0.25, -0.2) is 0 Å². The van der Waals surface area contributed by atoms with Gasteiger partial charge in [-0.05, 0) is 68.7 Å². The fourth-order valence-corrected chi connectivity index (χ4v) is 4.21. The minimum absolute atomic E-state index is 0.00260. The van der Waals surface area contributed by atoms with Gasteiger partial charge in [0.05, 0.1) is 23.4 Å². The number of nitrogens with zero attached hydrogens (tertiary/aromatic N) is 2. The van der Waals surface area contributed by atoms with Gasteiger partial charge >= 0.3 is 5.97 Å². The molecular formula is C24H28N2O4S. The maximum Gasteiger partial charge on any atom is 0.326 e. The third-order valence-corrected chi connectivity index (χ3v) is 5.98. The Morgan fingerprint density at radius 1 is 1.10 bits per heavy atom. The average Bonchev–Trinajstić information content (AvgIpc) is 3.05. The Labute approximate surface area is 186 Å². The monoisotopic (exact) mass is 440 g/mol. The summed E-state index contributed by atoms with van der Waals surface area (Å²) in [6.07, 6.45) is 2.00. The van der Waals surface area contributed by atoms with Crippen molar-refractivity contribution >= 4 is 33.4 Å². The van der Waals surface area contributed by atoms with Gasteiger partial charge in [0.1, 0.15) is 12.3 Å². The van der Waals surface area contributed by atoms with E-state index in [2.05, 4.69) is 18.0 Å². The van der Waals surface area contributed by atoms with E-state index < -0.39 is 0 Å². The van der Waals surface area contributed by atoms with Gasteiger partial charge in [-0.1, -0.05) is 30.7 Å². The molecule has 0 saturated carbocycles. The molecule has 3 aromatic rings. The zero-order chi connectivity index (χ0) is 22.4. The second-order valence-electron chi connectivity index (χ2n) is 7.33. The number of amides is 1. The molecule has 6 nitrogen and oxygen atoms in total. The fraction of sp³-hybridized carbons (Fsp3) is 0.375. The van der Waals surface area contributed by atoms with Crippen molar-refractivity contribution in [3.63, 3.8) is 0 Å². The first kappa shape index (κ1) is 22.7. The van der Waals surface area contributed by atoms with E-state index >= 15 is 0 Å². The number of ether oxygens (including phenoxy) is 2. The maximum absolute atomic E-state index is 12.9. The molecule has 3 rings (SSSR count). The Morgan fingerprint density at radius 3 is 2.61 bits per heavy atom. The lowest BCUT2D eigenvalue weighted by Gasteiger charge is -2.07. The molecule has 0 atom stereocenters. The summed E-state index contributed by atoms with van der Waals surface area (Å²) in [6, 6.07) is 11.1. The predicted octanol–water partition coefficient (Wildman–Crippen LogP) is 4.80. The van der Waals surface area contributed by atoms with Crippen molar-refractivity contribution in [1.82, 2.24) is 4.57 Å². The molecule has 164 valence electrons. The molecule has 0 aliphatic heterocycles. The lowest BCUT2D eigenvalue weighted by Crippen LogP contribution is -2.23. The zero-order valence-electron chi connectivity index (χ0n) is 18.4. The van der Waals surface area contributed by atoms with Crippen LogP contribution in [0.1, 0.15) is 48.2 Å². The van der Waals surface area contributed by atoms with Crippen LogP contribution in [-0.2, 0) is 16.1 Å². The van der Waals surface area contributed by atoms with Gasteiger partial charge in [-0.3, -0.25) is 9.59 Å². The number of fused-ring (bicyclic) bond motifs is 1. The molecule has 0 aliphatic rings. The molecule has 0 aliphatic carbocycles. The zero-order valence-corrected chi connectivity index (χ0v) is 19.3. The van der Waals surface area contributed by atoms with Crippen molar-refractivity contribution in [3.8, 4) is 5.75 Å². The molecule has 31 heavy (non-hydrogen) atoms. The molecule has 2 aromatic carbocycles. The van der Waals surface area contributed by atoms with Gasteiger partial charge in [-0.15, -0.1) is 0 Å². The van der Waals surface area contributed by atoms with Crippen LogP contribution in [-0.4, -0.2) is 29.7 Å². The molecule has 7 heteroatoms. The summed E-state index contributed by atoms with van der Waals surface area (Å²) in [5.41, 5.74) is 3.57. The first-order valence-corrected chi connectivity index (χ1v) is 11.3. The average molecular weight is 441 g/mol. The number of aryl methyl sites for hydroxylation is 2. The van der Waals surface area contributed by atoms with Crippen LogP contribution in [0.4, 0.5) is 0 Å². The highest BCUT2D eigenvalue weighted by atomic mass is 32.1. The van der Waals surface area contributed by atoms with Crippen LogP contribution < -0.4 is 9.54 Å². The number of carbonyl (C=O) groups excluding carboxylic acids is 2. The van der Waals surface area contributed by atoms with Gasteiger partial charge in [-0.2, -0.15) is 4.99 Å². The van der Waals surface area contributed by atoms with E-state index in [-0.39, 0.29) is 18.4 Å². The molecule has 1 amide bonds. The highest BCUT2D eigenvalue weighted by molar-refractivity contribution is 7.16. The van der Waals surface area contributed by atoms with Crippen LogP contribution in [0.15, 0.2) is 41.4 Å². The molecule has 0 radical (unpaired) electrons. The maximum atomic E-state index is 12.9. The lowest BCUT2D eigenvalue weighted by molar-refractivity contribution is -0.143. The number of thiazole rings is 1. The first-order valence-electron chi connectivity index (χ1n) is 10.5. The van der Waals surface area contributed by atoms with E-state index in [1.165, 1.54) is 11.3 Å². The minimum atomic E-state index is -0.376. The number of carbonyl (C=O) groups is 2. The smallest absolute Gasteiger partial charge is 0.326 e. The number of esters is 1. The van der Waals surface area contributed by atoms with Gasteiger partial charge in [0.25, 0.3) is 5.91 Å². The Balaban J connectivity index is 2.01. The molecule has 0 unspecified atom stereocenters. The molecule has 0 bridgehead atoms. The summed E-state index contributed by atoms with van der Waals surface area (Å²) in [7, 11) is 0. The highest BCUT2D eigenvalue weighted by Gasteiger charge is 2.14. The summed E-state index contributed by atoms with van der Waals surface area (Å²) >= 11 is 1.39. The molecule has 1 heterocycles. The number of hydrogen-bond donors (Lipinski definition) is 0. The van der Waals surface area contributed by atoms with Crippen LogP contribution in [0, 0.1) is 13.8 Å². The van der Waals surface area contributed by atoms with Crippen molar-refractivity contribution in [2.24, 2.45) is 4.99 Å². The Morgan fingerprint density at radius 2 is 1.87 bits per heavy atom.